The van der Waals surface area contributed by atoms with Crippen LogP contribution in [0.5, 0.6) is 0 Å². The molecule has 0 fully saturated rings. The molecule has 0 aliphatic heterocycles. The highest BCUT2D eigenvalue weighted by atomic mass is 19.1. The van der Waals surface area contributed by atoms with Crippen LogP contribution in [-0.2, 0) is 0 Å². The Labute approximate surface area is 99.0 Å². The number of pyridine rings is 1. The minimum atomic E-state index is -0.381. The Morgan fingerprint density at radius 1 is 1.35 bits per heavy atom. The van der Waals surface area contributed by atoms with Gasteiger partial charge in [0, 0.05) is 24.4 Å². The Bertz CT molecular complexity index is 528. The van der Waals surface area contributed by atoms with Crippen LogP contribution in [0.2, 0.25) is 0 Å². The van der Waals surface area contributed by atoms with Gasteiger partial charge in [-0.15, -0.1) is 0 Å². The fourth-order valence-electron chi connectivity index (χ4n) is 1.56. The Morgan fingerprint density at radius 3 is 2.88 bits per heavy atom. The number of anilines is 1. The molecule has 0 spiro atoms. The molecule has 0 amide bonds. The topological polar surface area (TPSA) is 50.7 Å². The lowest BCUT2D eigenvalue weighted by atomic mass is 10.2. The second-order valence-corrected chi connectivity index (χ2v) is 3.57. The number of nitrogens with one attached hydrogen (secondary N) is 1. The number of hydrogen-bond donors (Lipinski definition) is 1. The third-order valence-electron chi connectivity index (χ3n) is 2.24. The Kier molecular flexibility index (Phi) is 3.27. The summed E-state index contributed by atoms with van der Waals surface area (Å²) in [7, 11) is 0. The zero-order valence-electron chi connectivity index (χ0n) is 9.74. The average Bonchev–Trinajstić information content (AvgIpc) is 2.29. The van der Waals surface area contributed by atoms with Crippen molar-refractivity contribution in [3.8, 4) is 11.3 Å². The highest BCUT2D eigenvalue weighted by Gasteiger charge is 2.08. The van der Waals surface area contributed by atoms with Crippen molar-refractivity contribution >= 4 is 5.82 Å². The number of nitrogens with zero attached hydrogens (tertiary/aromatic N) is 3. The van der Waals surface area contributed by atoms with Gasteiger partial charge in [0.1, 0.15) is 11.6 Å². The summed E-state index contributed by atoms with van der Waals surface area (Å²) in [5, 5.41) is 3.09. The number of hydrogen-bond acceptors (Lipinski definition) is 4. The zero-order valence-corrected chi connectivity index (χ0v) is 9.74. The quantitative estimate of drug-likeness (QED) is 0.883. The summed E-state index contributed by atoms with van der Waals surface area (Å²) >= 11 is 0. The van der Waals surface area contributed by atoms with Crippen molar-refractivity contribution in [3.05, 3.63) is 36.2 Å². The van der Waals surface area contributed by atoms with Crippen molar-refractivity contribution < 1.29 is 4.39 Å². The SMILES string of the molecule is CCNc1cc(-c2ccncc2F)nc(C)n1. The second kappa shape index (κ2) is 4.86. The summed E-state index contributed by atoms with van der Waals surface area (Å²) in [5.41, 5.74) is 0.998. The summed E-state index contributed by atoms with van der Waals surface area (Å²) in [5.74, 6) is 0.925. The van der Waals surface area contributed by atoms with Crippen LogP contribution in [0.4, 0.5) is 10.2 Å². The molecule has 0 aliphatic rings. The van der Waals surface area contributed by atoms with Crippen LogP contribution in [0.25, 0.3) is 11.3 Å². The smallest absolute Gasteiger partial charge is 0.150 e. The first-order valence-electron chi connectivity index (χ1n) is 5.40. The normalized spacial score (nSPS) is 10.3. The van der Waals surface area contributed by atoms with Crippen LogP contribution in [0.15, 0.2) is 24.5 Å². The molecule has 0 aliphatic carbocycles. The molecule has 0 radical (unpaired) electrons. The summed E-state index contributed by atoms with van der Waals surface area (Å²) in [6.07, 6.45) is 2.72. The van der Waals surface area contributed by atoms with E-state index in [2.05, 4.69) is 20.3 Å². The number of aromatic nitrogens is 3. The van der Waals surface area contributed by atoms with Crippen LogP contribution < -0.4 is 5.32 Å². The molecule has 0 aromatic carbocycles. The van der Waals surface area contributed by atoms with E-state index < -0.39 is 0 Å². The van der Waals surface area contributed by atoms with Crippen molar-refractivity contribution in [2.45, 2.75) is 13.8 Å². The largest absolute Gasteiger partial charge is 0.370 e. The standard InChI is InChI=1S/C12H13FN4/c1-3-15-12-6-11(16-8(2)17-12)9-4-5-14-7-10(9)13/h4-7H,3H2,1-2H3,(H,15,16,17). The maximum Gasteiger partial charge on any atom is 0.150 e. The highest BCUT2D eigenvalue weighted by molar-refractivity contribution is 5.62. The van der Waals surface area contributed by atoms with E-state index >= 15 is 0 Å². The Balaban J connectivity index is 2.48. The molecule has 4 nitrogen and oxygen atoms in total. The first-order chi connectivity index (χ1) is 8.20. The molecule has 88 valence electrons. The molecule has 0 bridgehead atoms. The summed E-state index contributed by atoms with van der Waals surface area (Å²) in [6, 6.07) is 3.34. The van der Waals surface area contributed by atoms with Crippen molar-refractivity contribution in [3.63, 3.8) is 0 Å². The lowest BCUT2D eigenvalue weighted by molar-refractivity contribution is 0.624. The predicted molar refractivity (Wildman–Crippen MR) is 64.1 cm³/mol. The molecule has 0 atom stereocenters. The van der Waals surface area contributed by atoms with Gasteiger partial charge in [0.25, 0.3) is 0 Å². The van der Waals surface area contributed by atoms with Gasteiger partial charge < -0.3 is 5.32 Å². The molecule has 5 heteroatoms. The van der Waals surface area contributed by atoms with Crippen molar-refractivity contribution in [1.82, 2.24) is 15.0 Å². The van der Waals surface area contributed by atoms with Crippen LogP contribution in [0.3, 0.4) is 0 Å². The molecule has 2 heterocycles. The molecule has 0 unspecified atom stereocenters. The third kappa shape index (κ3) is 2.55. The Hall–Kier alpha value is -2.04. The van der Waals surface area contributed by atoms with Crippen molar-refractivity contribution in [1.29, 1.82) is 0 Å². The van der Waals surface area contributed by atoms with Crippen LogP contribution in [-0.4, -0.2) is 21.5 Å². The summed E-state index contributed by atoms with van der Waals surface area (Å²) < 4.78 is 13.6. The molecular weight excluding hydrogens is 219 g/mol. The van der Waals surface area contributed by atoms with E-state index in [1.165, 1.54) is 6.20 Å². The van der Waals surface area contributed by atoms with E-state index in [0.717, 1.165) is 6.54 Å². The van der Waals surface area contributed by atoms with Gasteiger partial charge in [-0.1, -0.05) is 0 Å². The zero-order chi connectivity index (χ0) is 12.3. The van der Waals surface area contributed by atoms with Crippen LogP contribution in [0.1, 0.15) is 12.7 Å². The van der Waals surface area contributed by atoms with E-state index in [1.807, 2.05) is 6.92 Å². The molecule has 0 saturated heterocycles. The van der Waals surface area contributed by atoms with Gasteiger partial charge in [-0.05, 0) is 19.9 Å². The predicted octanol–water partition coefficient (Wildman–Crippen LogP) is 2.42. The lowest BCUT2D eigenvalue weighted by Crippen LogP contribution is -2.03. The average molecular weight is 232 g/mol. The van der Waals surface area contributed by atoms with Crippen LogP contribution >= 0.6 is 0 Å². The molecule has 2 aromatic heterocycles. The fraction of sp³-hybridized carbons (Fsp3) is 0.250. The Morgan fingerprint density at radius 2 is 2.18 bits per heavy atom. The van der Waals surface area contributed by atoms with Gasteiger partial charge >= 0.3 is 0 Å². The van der Waals surface area contributed by atoms with Crippen molar-refractivity contribution in [2.75, 3.05) is 11.9 Å². The minimum Gasteiger partial charge on any atom is -0.370 e. The van der Waals surface area contributed by atoms with E-state index in [-0.39, 0.29) is 5.82 Å². The van der Waals surface area contributed by atoms with Gasteiger partial charge in [-0.25, -0.2) is 14.4 Å². The molecule has 17 heavy (non-hydrogen) atoms. The van der Waals surface area contributed by atoms with Gasteiger partial charge in [-0.3, -0.25) is 4.98 Å². The first kappa shape index (κ1) is 11.4. The monoisotopic (exact) mass is 232 g/mol. The summed E-state index contributed by atoms with van der Waals surface area (Å²) in [4.78, 5) is 12.2. The van der Waals surface area contributed by atoms with Gasteiger partial charge in [0.2, 0.25) is 0 Å². The third-order valence-corrected chi connectivity index (χ3v) is 2.24. The van der Waals surface area contributed by atoms with E-state index in [9.17, 15) is 4.39 Å². The molecule has 1 N–H and O–H groups in total. The molecule has 2 rings (SSSR count). The second-order valence-electron chi connectivity index (χ2n) is 3.57. The molecule has 0 saturated carbocycles. The van der Waals surface area contributed by atoms with E-state index in [4.69, 9.17) is 0 Å². The number of aryl methyl sites for hydroxylation is 1. The molecular formula is C12H13FN4. The fourth-order valence-corrected chi connectivity index (χ4v) is 1.56. The van der Waals surface area contributed by atoms with Crippen LogP contribution in [0, 0.1) is 12.7 Å². The van der Waals surface area contributed by atoms with Gasteiger partial charge in [0.15, 0.2) is 5.82 Å². The first-order valence-corrected chi connectivity index (χ1v) is 5.40. The van der Waals surface area contributed by atoms with E-state index in [0.29, 0.717) is 22.9 Å². The molecule has 2 aromatic rings. The minimum absolute atomic E-state index is 0.381. The van der Waals surface area contributed by atoms with Gasteiger partial charge in [0.05, 0.1) is 11.9 Å². The maximum absolute atomic E-state index is 13.6. The maximum atomic E-state index is 13.6. The highest BCUT2D eigenvalue weighted by Crippen LogP contribution is 2.21. The number of halogens is 1. The number of rotatable bonds is 3. The lowest BCUT2D eigenvalue weighted by Gasteiger charge is -2.07. The van der Waals surface area contributed by atoms with E-state index in [1.54, 1.807) is 25.3 Å². The summed E-state index contributed by atoms with van der Waals surface area (Å²) in [6.45, 7) is 4.52. The van der Waals surface area contributed by atoms with Crippen molar-refractivity contribution in [2.24, 2.45) is 0 Å². The van der Waals surface area contributed by atoms with Gasteiger partial charge in [-0.2, -0.15) is 0 Å².